The van der Waals surface area contributed by atoms with E-state index in [0.29, 0.717) is 11.6 Å². The van der Waals surface area contributed by atoms with Gasteiger partial charge in [0.25, 0.3) is 0 Å². The third-order valence-corrected chi connectivity index (χ3v) is 4.16. The van der Waals surface area contributed by atoms with E-state index in [2.05, 4.69) is 15.6 Å². The van der Waals surface area contributed by atoms with Gasteiger partial charge >= 0.3 is 6.03 Å². The molecule has 2 N–H and O–H groups in total. The first-order chi connectivity index (χ1) is 12.0. The highest BCUT2D eigenvalue weighted by Crippen LogP contribution is 2.16. The first-order valence-corrected chi connectivity index (χ1v) is 8.27. The zero-order valence-electron chi connectivity index (χ0n) is 14.2. The molecular weight excluding hydrogens is 340 g/mol. The second-order valence-electron chi connectivity index (χ2n) is 5.63. The van der Waals surface area contributed by atoms with E-state index in [4.69, 9.17) is 11.6 Å². The molecule has 0 saturated heterocycles. The van der Waals surface area contributed by atoms with E-state index < -0.39 is 6.03 Å². The van der Waals surface area contributed by atoms with E-state index in [0.717, 1.165) is 11.1 Å². The molecule has 0 fully saturated rings. The van der Waals surface area contributed by atoms with Crippen molar-refractivity contribution >= 4 is 23.5 Å². The molecule has 0 saturated carbocycles. The molecule has 3 amide bonds. The van der Waals surface area contributed by atoms with Crippen molar-refractivity contribution in [1.82, 2.24) is 20.5 Å². The molecule has 2 rings (SSSR count). The molecule has 0 aliphatic heterocycles. The maximum absolute atomic E-state index is 12.2. The number of urea groups is 1. The van der Waals surface area contributed by atoms with Gasteiger partial charge in [-0.25, -0.2) is 4.79 Å². The van der Waals surface area contributed by atoms with Gasteiger partial charge < -0.3 is 15.5 Å². The first kappa shape index (κ1) is 18.7. The van der Waals surface area contributed by atoms with Gasteiger partial charge in [-0.15, -0.1) is 0 Å². The quantitative estimate of drug-likeness (QED) is 0.831. The van der Waals surface area contributed by atoms with Crippen LogP contribution < -0.4 is 10.6 Å². The van der Waals surface area contributed by atoms with E-state index in [1.165, 1.54) is 0 Å². The average molecular weight is 361 g/mol. The normalized spacial score (nSPS) is 11.5. The number of amides is 3. The summed E-state index contributed by atoms with van der Waals surface area (Å²) in [6.07, 6.45) is 3.41. The number of aromatic nitrogens is 1. The minimum absolute atomic E-state index is 0.0758. The van der Waals surface area contributed by atoms with Crippen LogP contribution in [0.15, 0.2) is 48.8 Å². The third kappa shape index (κ3) is 5.76. The van der Waals surface area contributed by atoms with Crippen LogP contribution in [0.3, 0.4) is 0 Å². The van der Waals surface area contributed by atoms with Crippen molar-refractivity contribution in [2.75, 3.05) is 13.6 Å². The monoisotopic (exact) mass is 360 g/mol. The highest BCUT2D eigenvalue weighted by atomic mass is 35.5. The Morgan fingerprint density at radius 3 is 2.56 bits per heavy atom. The summed E-state index contributed by atoms with van der Waals surface area (Å²) in [6.45, 7) is 2.20. The highest BCUT2D eigenvalue weighted by Gasteiger charge is 2.17. The number of carbonyl (C=O) groups excluding carboxylic acids is 2. The van der Waals surface area contributed by atoms with Crippen molar-refractivity contribution < 1.29 is 9.59 Å². The van der Waals surface area contributed by atoms with Crippen molar-refractivity contribution in [3.63, 3.8) is 0 Å². The van der Waals surface area contributed by atoms with Crippen molar-refractivity contribution in [2.24, 2.45) is 0 Å². The lowest BCUT2D eigenvalue weighted by Gasteiger charge is -2.25. The Kier molecular flexibility index (Phi) is 6.77. The lowest BCUT2D eigenvalue weighted by molar-refractivity contribution is -0.130. The predicted molar refractivity (Wildman–Crippen MR) is 97.1 cm³/mol. The molecular formula is C18H21ClN4O2. The summed E-state index contributed by atoms with van der Waals surface area (Å²) < 4.78 is 0. The van der Waals surface area contributed by atoms with Crippen LogP contribution in [0.2, 0.25) is 5.02 Å². The van der Waals surface area contributed by atoms with Gasteiger partial charge in [0.2, 0.25) is 5.91 Å². The number of hydrogen-bond donors (Lipinski definition) is 2. The summed E-state index contributed by atoms with van der Waals surface area (Å²) in [7, 11) is 1.70. The van der Waals surface area contributed by atoms with Gasteiger partial charge in [0.15, 0.2) is 0 Å². The van der Waals surface area contributed by atoms with Crippen LogP contribution >= 0.6 is 11.6 Å². The van der Waals surface area contributed by atoms with Crippen molar-refractivity contribution in [3.8, 4) is 0 Å². The molecule has 0 aliphatic rings. The Hall–Kier alpha value is -2.60. The zero-order valence-corrected chi connectivity index (χ0v) is 15.0. The number of rotatable bonds is 6. The predicted octanol–water partition coefficient (Wildman–Crippen LogP) is 2.75. The topological polar surface area (TPSA) is 74.3 Å². The minimum atomic E-state index is -0.397. The Morgan fingerprint density at radius 1 is 1.20 bits per heavy atom. The number of nitrogens with one attached hydrogen (secondary N) is 2. The maximum Gasteiger partial charge on any atom is 0.315 e. The number of likely N-dealkylation sites (N-methyl/N-ethyl adjacent to an activating group) is 1. The summed E-state index contributed by atoms with van der Waals surface area (Å²) in [5.41, 5.74) is 1.86. The van der Waals surface area contributed by atoms with Gasteiger partial charge in [-0.05, 0) is 36.2 Å². The van der Waals surface area contributed by atoms with Gasteiger partial charge in [-0.2, -0.15) is 0 Å². The van der Waals surface area contributed by atoms with Crippen LogP contribution in [0.25, 0.3) is 0 Å². The molecule has 0 radical (unpaired) electrons. The molecule has 2 aromatic rings. The Morgan fingerprint density at radius 2 is 1.92 bits per heavy atom. The summed E-state index contributed by atoms with van der Waals surface area (Å²) in [5.74, 6) is -0.182. The van der Waals surface area contributed by atoms with Crippen molar-refractivity contribution in [1.29, 1.82) is 0 Å². The molecule has 1 unspecified atom stereocenters. The molecule has 25 heavy (non-hydrogen) atoms. The fraction of sp³-hybridized carbons (Fsp3) is 0.278. The molecule has 1 heterocycles. The van der Waals surface area contributed by atoms with Crippen LogP contribution in [0, 0.1) is 0 Å². The van der Waals surface area contributed by atoms with Gasteiger partial charge in [0, 0.05) is 31.0 Å². The summed E-state index contributed by atoms with van der Waals surface area (Å²) >= 11 is 5.81. The van der Waals surface area contributed by atoms with Crippen LogP contribution in [0.5, 0.6) is 0 Å². The lowest BCUT2D eigenvalue weighted by Crippen LogP contribution is -2.43. The highest BCUT2D eigenvalue weighted by molar-refractivity contribution is 6.30. The fourth-order valence-corrected chi connectivity index (χ4v) is 2.32. The molecule has 1 atom stereocenters. The van der Waals surface area contributed by atoms with Crippen molar-refractivity contribution in [3.05, 3.63) is 64.9 Å². The second kappa shape index (κ2) is 9.03. The fourth-order valence-electron chi connectivity index (χ4n) is 2.19. The van der Waals surface area contributed by atoms with E-state index >= 15 is 0 Å². The van der Waals surface area contributed by atoms with Crippen LogP contribution in [-0.4, -0.2) is 35.4 Å². The molecule has 1 aromatic carbocycles. The van der Waals surface area contributed by atoms with Gasteiger partial charge in [0.1, 0.15) is 0 Å². The smallest absolute Gasteiger partial charge is 0.315 e. The summed E-state index contributed by atoms with van der Waals surface area (Å²) in [5, 5.41) is 5.91. The summed E-state index contributed by atoms with van der Waals surface area (Å²) in [6, 6.07) is 10.4. The van der Waals surface area contributed by atoms with Crippen LogP contribution in [0.1, 0.15) is 24.1 Å². The number of carbonyl (C=O) groups is 2. The van der Waals surface area contributed by atoms with E-state index in [1.807, 2.05) is 31.2 Å². The van der Waals surface area contributed by atoms with Crippen LogP contribution in [0.4, 0.5) is 4.79 Å². The average Bonchev–Trinajstić information content (AvgIpc) is 2.65. The van der Waals surface area contributed by atoms with Gasteiger partial charge in [0.05, 0.1) is 12.6 Å². The molecule has 7 heteroatoms. The third-order valence-electron chi connectivity index (χ3n) is 3.91. The number of pyridine rings is 1. The van der Waals surface area contributed by atoms with Gasteiger partial charge in [-0.1, -0.05) is 29.8 Å². The maximum atomic E-state index is 12.2. The Bertz CT molecular complexity index is 707. The van der Waals surface area contributed by atoms with E-state index in [1.54, 1.807) is 36.5 Å². The lowest BCUT2D eigenvalue weighted by atomic mass is 10.1. The Balaban J connectivity index is 1.76. The standard InChI is InChI=1S/C18H21ClN4O2/c1-13(15-4-3-9-20-11-15)23(2)17(24)12-22-18(25)21-10-14-5-7-16(19)8-6-14/h3-9,11,13H,10,12H2,1-2H3,(H2,21,22,25). The molecule has 0 bridgehead atoms. The van der Waals surface area contributed by atoms with Gasteiger partial charge in [-0.3, -0.25) is 9.78 Å². The molecule has 0 aliphatic carbocycles. The first-order valence-electron chi connectivity index (χ1n) is 7.89. The number of halogens is 1. The van der Waals surface area contributed by atoms with E-state index in [-0.39, 0.29) is 18.5 Å². The molecule has 0 spiro atoms. The SMILES string of the molecule is CC(c1cccnc1)N(C)C(=O)CNC(=O)NCc1ccc(Cl)cc1. The molecule has 132 valence electrons. The van der Waals surface area contributed by atoms with Crippen LogP contribution in [-0.2, 0) is 11.3 Å². The number of hydrogen-bond acceptors (Lipinski definition) is 3. The number of nitrogens with zero attached hydrogens (tertiary/aromatic N) is 2. The summed E-state index contributed by atoms with van der Waals surface area (Å²) in [4.78, 5) is 29.7. The molecule has 6 nitrogen and oxygen atoms in total. The Labute approximate surface area is 152 Å². The second-order valence-corrected chi connectivity index (χ2v) is 6.07. The molecule has 1 aromatic heterocycles. The number of benzene rings is 1. The van der Waals surface area contributed by atoms with Crippen molar-refractivity contribution in [2.45, 2.75) is 19.5 Å². The largest absolute Gasteiger partial charge is 0.337 e. The van der Waals surface area contributed by atoms with E-state index in [9.17, 15) is 9.59 Å². The zero-order chi connectivity index (χ0) is 18.2. The minimum Gasteiger partial charge on any atom is -0.337 e.